The predicted octanol–water partition coefficient (Wildman–Crippen LogP) is 0.0217. The third-order valence-electron chi connectivity index (χ3n) is 1.71. The predicted molar refractivity (Wildman–Crippen MR) is 67.7 cm³/mol. The Hall–Kier alpha value is -0.930. The number of hydrogen-bond donors (Lipinski definition) is 3. The minimum atomic E-state index is -4.01. The third-order valence-corrected chi connectivity index (χ3v) is 3.03. The Bertz CT molecular complexity index is 369. The fourth-order valence-corrected chi connectivity index (χ4v) is 2.24. The van der Waals surface area contributed by atoms with Crippen LogP contribution in [0.5, 0.6) is 0 Å². The van der Waals surface area contributed by atoms with Gasteiger partial charge in [-0.25, -0.2) is 9.52 Å². The van der Waals surface area contributed by atoms with Crippen LogP contribution in [0.4, 0.5) is 4.79 Å². The lowest BCUT2D eigenvalue weighted by Crippen LogP contribution is -2.49. The van der Waals surface area contributed by atoms with Crippen molar-refractivity contribution in [2.45, 2.75) is 32.7 Å². The first-order valence-electron chi connectivity index (χ1n) is 5.08. The molecule has 4 N–H and O–H groups in total. The molecule has 0 bridgehead atoms. The van der Waals surface area contributed by atoms with Gasteiger partial charge in [-0.1, -0.05) is 25.6 Å². The van der Waals surface area contributed by atoms with Crippen molar-refractivity contribution < 1.29 is 17.9 Å². The molecule has 0 radical (unpaired) electrons. The van der Waals surface area contributed by atoms with E-state index < -0.39 is 22.3 Å². The number of rotatable bonds is 7. The summed E-state index contributed by atoms with van der Waals surface area (Å²) in [6.45, 7) is 3.50. The average molecular weight is 283 g/mol. The third kappa shape index (κ3) is 7.08. The number of nitrogens with two attached hydrogens (primary N) is 1. The van der Waals surface area contributed by atoms with E-state index in [0.29, 0.717) is 12.8 Å². The average Bonchev–Trinajstić information content (AvgIpc) is 2.15. The van der Waals surface area contributed by atoms with Gasteiger partial charge in [0, 0.05) is 0 Å². The summed E-state index contributed by atoms with van der Waals surface area (Å²) >= 11 is 4.72. The first-order valence-corrected chi connectivity index (χ1v) is 6.97. The lowest BCUT2D eigenvalue weighted by molar-refractivity contribution is 0.158. The second-order valence-electron chi connectivity index (χ2n) is 3.19. The molecule has 0 rings (SSSR count). The first kappa shape index (κ1) is 16.1. The van der Waals surface area contributed by atoms with E-state index >= 15 is 0 Å². The van der Waals surface area contributed by atoms with Crippen LogP contribution in [0.3, 0.4) is 0 Å². The van der Waals surface area contributed by atoms with Crippen LogP contribution in [0.1, 0.15) is 26.7 Å². The van der Waals surface area contributed by atoms with Crippen LogP contribution in [-0.4, -0.2) is 32.1 Å². The quantitative estimate of drug-likeness (QED) is 0.568. The molecule has 0 fully saturated rings. The van der Waals surface area contributed by atoms with E-state index in [0.717, 1.165) is 0 Å². The van der Waals surface area contributed by atoms with Gasteiger partial charge in [0.2, 0.25) is 0 Å². The van der Waals surface area contributed by atoms with Crippen LogP contribution >= 0.6 is 12.2 Å². The molecule has 0 aromatic carbocycles. The van der Waals surface area contributed by atoms with Gasteiger partial charge < -0.3 is 10.5 Å². The van der Waals surface area contributed by atoms with E-state index in [1.807, 2.05) is 6.92 Å². The van der Waals surface area contributed by atoms with Crippen molar-refractivity contribution in [3.8, 4) is 0 Å². The highest BCUT2D eigenvalue weighted by Crippen LogP contribution is 1.99. The molecule has 9 heteroatoms. The second-order valence-corrected chi connectivity index (χ2v) is 5.11. The molecule has 100 valence electrons. The molecule has 0 aliphatic carbocycles. The van der Waals surface area contributed by atoms with Gasteiger partial charge in [-0.15, -0.1) is 0 Å². The Labute approximate surface area is 106 Å². The van der Waals surface area contributed by atoms with Crippen LogP contribution < -0.4 is 15.2 Å². The fraction of sp³-hybridized carbons (Fsp3) is 0.750. The zero-order chi connectivity index (χ0) is 13.5. The molecule has 0 heterocycles. The molecule has 0 saturated carbocycles. The first-order chi connectivity index (χ1) is 7.82. The molecule has 17 heavy (non-hydrogen) atoms. The van der Waals surface area contributed by atoms with Crippen LogP contribution in [0.2, 0.25) is 0 Å². The van der Waals surface area contributed by atoms with Gasteiger partial charge >= 0.3 is 16.3 Å². The SMILES string of the molecule is CCCC(NS(=O)(=O)NC(=O)OCC)C(N)=S. The Balaban J connectivity index is 4.50. The van der Waals surface area contributed by atoms with Gasteiger partial charge in [-0.2, -0.15) is 13.1 Å². The summed E-state index contributed by atoms with van der Waals surface area (Å²) < 4.78 is 31.2. The molecule has 1 unspecified atom stereocenters. The van der Waals surface area contributed by atoms with Crippen molar-refractivity contribution in [1.29, 1.82) is 0 Å². The van der Waals surface area contributed by atoms with Crippen molar-refractivity contribution >= 4 is 33.5 Å². The standard InChI is InChI=1S/C8H17N3O4S2/c1-3-5-6(7(9)16)10-17(13,14)11-8(12)15-4-2/h6,10H,3-5H2,1-2H3,(H2,9,16)(H,11,12). The van der Waals surface area contributed by atoms with E-state index in [4.69, 9.17) is 18.0 Å². The monoisotopic (exact) mass is 283 g/mol. The summed E-state index contributed by atoms with van der Waals surface area (Å²) in [5.74, 6) is 0. The Morgan fingerprint density at radius 3 is 2.47 bits per heavy atom. The normalized spacial score (nSPS) is 12.8. The smallest absolute Gasteiger partial charge is 0.421 e. The molecular formula is C8H17N3O4S2. The van der Waals surface area contributed by atoms with Crippen molar-refractivity contribution in [3.05, 3.63) is 0 Å². The van der Waals surface area contributed by atoms with Crippen LogP contribution in [0.15, 0.2) is 0 Å². The second kappa shape index (κ2) is 7.41. The summed E-state index contributed by atoms with van der Waals surface area (Å²) in [5, 5.41) is 0. The van der Waals surface area contributed by atoms with Crippen molar-refractivity contribution in [1.82, 2.24) is 9.44 Å². The van der Waals surface area contributed by atoms with Crippen LogP contribution in [0.25, 0.3) is 0 Å². The number of hydrogen-bond acceptors (Lipinski definition) is 5. The van der Waals surface area contributed by atoms with E-state index in [1.54, 1.807) is 11.6 Å². The molecule has 0 aliphatic rings. The van der Waals surface area contributed by atoms with Crippen LogP contribution in [-0.2, 0) is 14.9 Å². The van der Waals surface area contributed by atoms with E-state index in [9.17, 15) is 13.2 Å². The van der Waals surface area contributed by atoms with Crippen LogP contribution in [0, 0.1) is 0 Å². The molecule has 1 atom stereocenters. The topological polar surface area (TPSA) is 111 Å². The maximum atomic E-state index is 11.5. The summed E-state index contributed by atoms with van der Waals surface area (Å²) in [7, 11) is -4.01. The highest BCUT2D eigenvalue weighted by molar-refractivity contribution is 7.88. The molecule has 7 nitrogen and oxygen atoms in total. The van der Waals surface area contributed by atoms with Gasteiger partial charge in [-0.05, 0) is 13.3 Å². The molecule has 0 aliphatic heterocycles. The Morgan fingerprint density at radius 1 is 1.47 bits per heavy atom. The minimum Gasteiger partial charge on any atom is -0.449 e. The van der Waals surface area contributed by atoms with Crippen molar-refractivity contribution in [2.24, 2.45) is 5.73 Å². The lowest BCUT2D eigenvalue weighted by atomic mass is 10.2. The molecule has 0 aromatic heterocycles. The van der Waals surface area contributed by atoms with Gasteiger partial charge in [0.05, 0.1) is 17.6 Å². The molecule has 1 amide bonds. The highest BCUT2D eigenvalue weighted by Gasteiger charge is 2.21. The Morgan fingerprint density at radius 2 is 2.06 bits per heavy atom. The number of thiocarbonyl (C=S) groups is 1. The Kier molecular flexibility index (Phi) is 7.00. The number of ether oxygens (including phenoxy) is 1. The number of nitrogens with one attached hydrogen (secondary N) is 2. The largest absolute Gasteiger partial charge is 0.449 e. The molecular weight excluding hydrogens is 266 g/mol. The van der Waals surface area contributed by atoms with E-state index in [2.05, 4.69) is 9.46 Å². The fourth-order valence-electron chi connectivity index (χ4n) is 1.03. The summed E-state index contributed by atoms with van der Waals surface area (Å²) in [5.41, 5.74) is 5.38. The number of carbonyl (C=O) groups excluding carboxylic acids is 1. The van der Waals surface area contributed by atoms with Gasteiger partial charge in [0.1, 0.15) is 0 Å². The van der Waals surface area contributed by atoms with Gasteiger partial charge in [-0.3, -0.25) is 0 Å². The van der Waals surface area contributed by atoms with Gasteiger partial charge in [0.15, 0.2) is 0 Å². The maximum Gasteiger partial charge on any atom is 0.421 e. The van der Waals surface area contributed by atoms with E-state index in [-0.39, 0.29) is 11.6 Å². The summed E-state index contributed by atoms with van der Waals surface area (Å²) in [6, 6.07) is -0.679. The summed E-state index contributed by atoms with van der Waals surface area (Å²) in [4.78, 5) is 11.0. The van der Waals surface area contributed by atoms with Crippen molar-refractivity contribution in [3.63, 3.8) is 0 Å². The summed E-state index contributed by atoms with van der Waals surface area (Å²) in [6.07, 6.45) is 0.112. The maximum absolute atomic E-state index is 11.5. The van der Waals surface area contributed by atoms with Gasteiger partial charge in [0.25, 0.3) is 0 Å². The zero-order valence-corrected chi connectivity index (χ0v) is 11.4. The van der Waals surface area contributed by atoms with Crippen molar-refractivity contribution in [2.75, 3.05) is 6.61 Å². The molecule has 0 aromatic rings. The molecule has 0 spiro atoms. The zero-order valence-electron chi connectivity index (χ0n) is 9.73. The minimum absolute atomic E-state index is 0.0288. The number of carbonyl (C=O) groups is 1. The molecule has 0 saturated heterocycles. The number of amides is 1. The lowest BCUT2D eigenvalue weighted by Gasteiger charge is -2.16. The highest BCUT2D eigenvalue weighted by atomic mass is 32.2. The van der Waals surface area contributed by atoms with E-state index in [1.165, 1.54) is 0 Å².